The van der Waals surface area contributed by atoms with Crippen molar-refractivity contribution in [2.24, 2.45) is 0 Å². The van der Waals surface area contributed by atoms with E-state index < -0.39 is 0 Å². The van der Waals surface area contributed by atoms with Crippen molar-refractivity contribution in [3.8, 4) is 17.3 Å². The largest absolute Gasteiger partial charge is 0.475 e. The number of nitrogens with zero attached hydrogens (tertiary/aromatic N) is 2. The lowest BCUT2D eigenvalue weighted by molar-refractivity contribution is 0.0948. The molecule has 6 nitrogen and oxygen atoms in total. The molecule has 0 bridgehead atoms. The summed E-state index contributed by atoms with van der Waals surface area (Å²) in [5.74, 6) is 0.913. The predicted octanol–water partition coefficient (Wildman–Crippen LogP) is 3.70. The average Bonchev–Trinajstić information content (AvgIpc) is 3.26. The lowest BCUT2D eigenvalue weighted by Gasteiger charge is -2.09. The molecule has 2 aromatic carbocycles. The third kappa shape index (κ3) is 3.79. The Morgan fingerprint density at radius 1 is 0.963 bits per heavy atom. The van der Waals surface area contributed by atoms with Crippen LogP contribution in [0, 0.1) is 0 Å². The topological polar surface area (TPSA) is 77.2 Å². The molecular formula is C21H17N3O3. The van der Waals surface area contributed by atoms with Crippen LogP contribution in [0.5, 0.6) is 5.88 Å². The number of amides is 1. The first-order valence-electron chi connectivity index (χ1n) is 8.57. The number of carbonyl (C=O) groups excluding carboxylic acids is 1. The predicted molar refractivity (Wildman–Crippen MR) is 102 cm³/mol. The fourth-order valence-electron chi connectivity index (χ4n) is 2.79. The zero-order valence-corrected chi connectivity index (χ0v) is 14.5. The fraction of sp³-hybridized carbons (Fsp3) is 0.0952. The highest BCUT2D eigenvalue weighted by molar-refractivity contribution is 6.06. The van der Waals surface area contributed by atoms with Crippen molar-refractivity contribution in [3.63, 3.8) is 0 Å². The molecule has 6 heteroatoms. The molecule has 0 aliphatic rings. The van der Waals surface area contributed by atoms with Crippen molar-refractivity contribution in [1.82, 2.24) is 15.5 Å². The molecule has 27 heavy (non-hydrogen) atoms. The van der Waals surface area contributed by atoms with E-state index in [1.54, 1.807) is 24.5 Å². The van der Waals surface area contributed by atoms with Crippen molar-refractivity contribution in [1.29, 1.82) is 0 Å². The number of nitrogens with one attached hydrogen (secondary N) is 1. The van der Waals surface area contributed by atoms with E-state index in [-0.39, 0.29) is 5.91 Å². The maximum absolute atomic E-state index is 12.4. The van der Waals surface area contributed by atoms with Gasteiger partial charge in [-0.25, -0.2) is 0 Å². The molecule has 0 unspecified atom stereocenters. The average molecular weight is 359 g/mol. The van der Waals surface area contributed by atoms with Crippen molar-refractivity contribution in [2.45, 2.75) is 0 Å². The van der Waals surface area contributed by atoms with Crippen LogP contribution in [-0.4, -0.2) is 29.3 Å². The number of aromatic nitrogens is 2. The molecule has 134 valence electrons. The molecule has 0 atom stereocenters. The number of carbonyl (C=O) groups is 1. The second-order valence-corrected chi connectivity index (χ2v) is 5.87. The van der Waals surface area contributed by atoms with Gasteiger partial charge in [0.2, 0.25) is 5.88 Å². The Bertz CT molecular complexity index is 1040. The zero-order chi connectivity index (χ0) is 18.5. The maximum atomic E-state index is 12.4. The normalized spacial score (nSPS) is 10.7. The number of benzene rings is 2. The van der Waals surface area contributed by atoms with Gasteiger partial charge in [-0.05, 0) is 35.0 Å². The summed E-state index contributed by atoms with van der Waals surface area (Å²) in [5, 5.41) is 12.9. The molecule has 1 N–H and O–H groups in total. The minimum absolute atomic E-state index is 0.130. The SMILES string of the molecule is O=C(NCCOc1ccc(-c2ccco2)nn1)c1cccc2ccccc12. The summed E-state index contributed by atoms with van der Waals surface area (Å²) in [6.45, 7) is 0.662. The Labute approximate surface area is 155 Å². The minimum Gasteiger partial charge on any atom is -0.475 e. The highest BCUT2D eigenvalue weighted by Gasteiger charge is 2.09. The van der Waals surface area contributed by atoms with Gasteiger partial charge in [0.25, 0.3) is 5.91 Å². The van der Waals surface area contributed by atoms with Gasteiger partial charge in [0.05, 0.1) is 12.8 Å². The Hall–Kier alpha value is -3.67. The maximum Gasteiger partial charge on any atom is 0.252 e. The first-order valence-corrected chi connectivity index (χ1v) is 8.57. The van der Waals surface area contributed by atoms with Gasteiger partial charge in [0, 0.05) is 11.6 Å². The second kappa shape index (κ2) is 7.70. The molecule has 0 fully saturated rings. The van der Waals surface area contributed by atoms with Crippen LogP contribution >= 0.6 is 0 Å². The van der Waals surface area contributed by atoms with Crippen LogP contribution in [0.25, 0.3) is 22.2 Å². The van der Waals surface area contributed by atoms with Gasteiger partial charge in [-0.3, -0.25) is 4.79 Å². The molecule has 0 saturated heterocycles. The van der Waals surface area contributed by atoms with Gasteiger partial charge in [0.15, 0.2) is 5.76 Å². The fourth-order valence-corrected chi connectivity index (χ4v) is 2.79. The molecule has 0 spiro atoms. The van der Waals surface area contributed by atoms with E-state index in [2.05, 4.69) is 15.5 Å². The summed E-state index contributed by atoms with van der Waals surface area (Å²) in [6.07, 6.45) is 1.58. The molecule has 0 aliphatic heterocycles. The second-order valence-electron chi connectivity index (χ2n) is 5.87. The summed E-state index contributed by atoms with van der Waals surface area (Å²) in [4.78, 5) is 12.4. The highest BCUT2D eigenvalue weighted by Crippen LogP contribution is 2.19. The van der Waals surface area contributed by atoms with Crippen molar-refractivity contribution < 1.29 is 13.9 Å². The van der Waals surface area contributed by atoms with Crippen LogP contribution < -0.4 is 10.1 Å². The van der Waals surface area contributed by atoms with Crippen LogP contribution in [0.15, 0.2) is 77.4 Å². The molecule has 2 heterocycles. The van der Waals surface area contributed by atoms with E-state index in [1.807, 2.05) is 48.5 Å². The Balaban J connectivity index is 1.31. The highest BCUT2D eigenvalue weighted by atomic mass is 16.5. The lowest BCUT2D eigenvalue weighted by atomic mass is 10.0. The zero-order valence-electron chi connectivity index (χ0n) is 14.5. The molecule has 2 aromatic heterocycles. The molecule has 4 aromatic rings. The van der Waals surface area contributed by atoms with Crippen molar-refractivity contribution >= 4 is 16.7 Å². The summed E-state index contributed by atoms with van der Waals surface area (Å²) < 4.78 is 10.8. The number of ether oxygens (including phenoxy) is 1. The van der Waals surface area contributed by atoms with Gasteiger partial charge in [-0.1, -0.05) is 36.4 Å². The first-order chi connectivity index (χ1) is 13.3. The van der Waals surface area contributed by atoms with E-state index >= 15 is 0 Å². The van der Waals surface area contributed by atoms with E-state index in [4.69, 9.17) is 9.15 Å². The minimum atomic E-state index is -0.130. The summed E-state index contributed by atoms with van der Waals surface area (Å²) in [5.41, 5.74) is 1.28. The van der Waals surface area contributed by atoms with E-state index in [9.17, 15) is 4.79 Å². The molecule has 0 saturated carbocycles. The molecule has 0 radical (unpaired) electrons. The summed E-state index contributed by atoms with van der Waals surface area (Å²) >= 11 is 0. The molecule has 1 amide bonds. The van der Waals surface area contributed by atoms with Crippen LogP contribution in [0.1, 0.15) is 10.4 Å². The summed E-state index contributed by atoms with van der Waals surface area (Å²) in [6, 6.07) is 20.6. The molecule has 4 rings (SSSR count). The standard InChI is InChI=1S/C21H17N3O3/c25-21(17-8-3-6-15-5-1-2-7-16(15)17)22-12-14-27-20-11-10-18(23-24-20)19-9-4-13-26-19/h1-11,13H,12,14H2,(H,22,25). The Morgan fingerprint density at radius 2 is 1.85 bits per heavy atom. The summed E-state index contributed by atoms with van der Waals surface area (Å²) in [7, 11) is 0. The van der Waals surface area contributed by atoms with Crippen molar-refractivity contribution in [2.75, 3.05) is 13.2 Å². The molecular weight excluding hydrogens is 342 g/mol. The number of hydrogen-bond acceptors (Lipinski definition) is 5. The van der Waals surface area contributed by atoms with Crippen LogP contribution in [0.2, 0.25) is 0 Å². The van der Waals surface area contributed by atoms with Gasteiger partial charge in [-0.2, -0.15) is 0 Å². The lowest BCUT2D eigenvalue weighted by Crippen LogP contribution is -2.28. The Morgan fingerprint density at radius 3 is 2.67 bits per heavy atom. The van der Waals surface area contributed by atoms with Gasteiger partial charge >= 0.3 is 0 Å². The van der Waals surface area contributed by atoms with Gasteiger partial charge in [-0.15, -0.1) is 10.2 Å². The van der Waals surface area contributed by atoms with Crippen LogP contribution in [-0.2, 0) is 0 Å². The number of hydrogen-bond donors (Lipinski definition) is 1. The smallest absolute Gasteiger partial charge is 0.252 e. The van der Waals surface area contributed by atoms with Crippen LogP contribution in [0.3, 0.4) is 0 Å². The number of furan rings is 1. The van der Waals surface area contributed by atoms with Crippen molar-refractivity contribution in [3.05, 3.63) is 78.6 Å². The molecule has 0 aliphatic carbocycles. The third-order valence-electron chi connectivity index (χ3n) is 4.09. The van der Waals surface area contributed by atoms with Gasteiger partial charge < -0.3 is 14.5 Å². The van der Waals surface area contributed by atoms with Gasteiger partial charge in [0.1, 0.15) is 12.3 Å². The third-order valence-corrected chi connectivity index (χ3v) is 4.09. The number of fused-ring (bicyclic) bond motifs is 1. The van der Waals surface area contributed by atoms with E-state index in [0.717, 1.165) is 10.8 Å². The van der Waals surface area contributed by atoms with Crippen LogP contribution in [0.4, 0.5) is 0 Å². The monoisotopic (exact) mass is 359 g/mol. The first kappa shape index (κ1) is 16.8. The quantitative estimate of drug-likeness (QED) is 0.531. The Kier molecular flexibility index (Phi) is 4.78. The van der Waals surface area contributed by atoms with E-state index in [1.165, 1.54) is 0 Å². The van der Waals surface area contributed by atoms with E-state index in [0.29, 0.717) is 36.0 Å². The number of rotatable bonds is 6.